The van der Waals surface area contributed by atoms with Gasteiger partial charge in [-0.1, -0.05) is 0 Å². The molecule has 0 aromatic carbocycles. The van der Waals surface area contributed by atoms with Gasteiger partial charge in [-0.3, -0.25) is 9.78 Å². The van der Waals surface area contributed by atoms with Crippen molar-refractivity contribution in [3.63, 3.8) is 0 Å². The minimum atomic E-state index is -0.101. The third kappa shape index (κ3) is 3.16. The van der Waals surface area contributed by atoms with Crippen LogP contribution in [-0.2, 0) is 13.0 Å². The van der Waals surface area contributed by atoms with Crippen molar-refractivity contribution >= 4 is 11.7 Å². The van der Waals surface area contributed by atoms with E-state index >= 15 is 0 Å². The van der Waals surface area contributed by atoms with Gasteiger partial charge in [0.15, 0.2) is 11.6 Å². The van der Waals surface area contributed by atoms with Crippen molar-refractivity contribution in [1.82, 2.24) is 19.9 Å². The van der Waals surface area contributed by atoms with Gasteiger partial charge in [0, 0.05) is 49.7 Å². The first kappa shape index (κ1) is 17.2. The second kappa shape index (κ2) is 6.83. The van der Waals surface area contributed by atoms with Crippen LogP contribution in [0.25, 0.3) is 11.4 Å². The molecular weight excluding hydrogens is 342 g/mol. The fourth-order valence-corrected chi connectivity index (χ4v) is 3.31. The van der Waals surface area contributed by atoms with Crippen molar-refractivity contribution in [2.45, 2.75) is 19.9 Å². The van der Waals surface area contributed by atoms with E-state index in [2.05, 4.69) is 4.98 Å². The molecule has 1 aliphatic rings. The second-order valence-electron chi connectivity index (χ2n) is 6.84. The molecule has 1 amide bonds. The van der Waals surface area contributed by atoms with Gasteiger partial charge in [-0.05, 0) is 31.5 Å². The maximum absolute atomic E-state index is 12.8. The highest BCUT2D eigenvalue weighted by Gasteiger charge is 2.28. The van der Waals surface area contributed by atoms with Crippen molar-refractivity contribution in [3.8, 4) is 11.4 Å². The minimum absolute atomic E-state index is 0.101. The smallest absolute Gasteiger partial charge is 0.290 e. The van der Waals surface area contributed by atoms with Crippen molar-refractivity contribution in [1.29, 1.82) is 0 Å². The molecule has 7 nitrogen and oxygen atoms in total. The lowest BCUT2D eigenvalue weighted by molar-refractivity contribution is 0.0698. The summed E-state index contributed by atoms with van der Waals surface area (Å²) in [5.74, 6) is 1.80. The zero-order chi connectivity index (χ0) is 19.0. The molecule has 0 N–H and O–H groups in total. The second-order valence-corrected chi connectivity index (χ2v) is 6.84. The van der Waals surface area contributed by atoms with E-state index < -0.39 is 0 Å². The molecule has 0 radical (unpaired) electrons. The molecule has 4 rings (SSSR count). The molecular formula is C20H21N5O2. The van der Waals surface area contributed by atoms with Crippen LogP contribution in [0.4, 0.5) is 5.82 Å². The van der Waals surface area contributed by atoms with Crippen LogP contribution in [0.2, 0.25) is 0 Å². The summed E-state index contributed by atoms with van der Waals surface area (Å²) >= 11 is 0. The van der Waals surface area contributed by atoms with E-state index in [9.17, 15) is 4.79 Å². The topological polar surface area (TPSA) is 75.4 Å². The molecule has 0 fully saturated rings. The summed E-state index contributed by atoms with van der Waals surface area (Å²) in [6, 6.07) is 5.60. The zero-order valence-corrected chi connectivity index (χ0v) is 15.6. The van der Waals surface area contributed by atoms with Crippen LogP contribution < -0.4 is 4.90 Å². The quantitative estimate of drug-likeness (QED) is 0.712. The number of rotatable bonds is 3. The molecule has 0 unspecified atom stereocenters. The van der Waals surface area contributed by atoms with E-state index in [1.54, 1.807) is 29.6 Å². The number of carbonyl (C=O) groups excluding carboxylic acids is 1. The number of nitrogens with zero attached hydrogens (tertiary/aromatic N) is 5. The van der Waals surface area contributed by atoms with Gasteiger partial charge in [0.25, 0.3) is 5.91 Å². The first-order valence-corrected chi connectivity index (χ1v) is 8.85. The summed E-state index contributed by atoms with van der Waals surface area (Å²) in [7, 11) is 3.94. The number of pyridine rings is 1. The van der Waals surface area contributed by atoms with Gasteiger partial charge in [0.05, 0.1) is 18.5 Å². The number of carbonyl (C=O) groups is 1. The van der Waals surface area contributed by atoms with Crippen molar-refractivity contribution in [2.24, 2.45) is 0 Å². The van der Waals surface area contributed by atoms with Crippen LogP contribution in [0.5, 0.6) is 0 Å². The predicted molar refractivity (Wildman–Crippen MR) is 101 cm³/mol. The first-order valence-electron chi connectivity index (χ1n) is 8.85. The largest absolute Gasteiger partial charge is 0.459 e. The standard InChI is InChI=1S/C20H21N5O2/c1-13-7-10-27-17(13)20(26)25-9-6-15-16(12-25)22-18(23-19(15)24(2)3)14-5-4-8-21-11-14/h4-5,7-8,10-11H,6,9,12H2,1-3H3. The normalized spacial score (nSPS) is 13.4. The monoisotopic (exact) mass is 363 g/mol. The number of aromatic nitrogens is 3. The van der Waals surface area contributed by atoms with Crippen molar-refractivity contribution in [2.75, 3.05) is 25.5 Å². The summed E-state index contributed by atoms with van der Waals surface area (Å²) in [4.78, 5) is 30.3. The maximum Gasteiger partial charge on any atom is 0.290 e. The molecule has 3 aromatic rings. The van der Waals surface area contributed by atoms with E-state index in [0.717, 1.165) is 28.2 Å². The van der Waals surface area contributed by atoms with Gasteiger partial charge in [-0.25, -0.2) is 9.97 Å². The van der Waals surface area contributed by atoms with Gasteiger partial charge < -0.3 is 14.2 Å². The lowest BCUT2D eigenvalue weighted by Gasteiger charge is -2.30. The molecule has 27 heavy (non-hydrogen) atoms. The molecule has 138 valence electrons. The summed E-state index contributed by atoms with van der Waals surface area (Å²) in [6.07, 6.45) is 5.73. The average Bonchev–Trinajstić information content (AvgIpc) is 3.12. The molecule has 0 saturated carbocycles. The Bertz CT molecular complexity index is 981. The Labute approximate surface area is 157 Å². The number of anilines is 1. The number of amides is 1. The summed E-state index contributed by atoms with van der Waals surface area (Å²) in [5.41, 5.74) is 3.66. The highest BCUT2D eigenvalue weighted by molar-refractivity contribution is 5.93. The Kier molecular flexibility index (Phi) is 4.35. The molecule has 1 aliphatic heterocycles. The predicted octanol–water partition coefficient (Wildman–Crippen LogP) is 2.70. The Hall–Kier alpha value is -3.22. The van der Waals surface area contributed by atoms with Crippen LogP contribution in [0, 0.1) is 6.92 Å². The highest BCUT2D eigenvalue weighted by atomic mass is 16.3. The van der Waals surface area contributed by atoms with Crippen molar-refractivity contribution < 1.29 is 9.21 Å². The Balaban J connectivity index is 1.72. The zero-order valence-electron chi connectivity index (χ0n) is 15.6. The number of furan rings is 1. The molecule has 7 heteroatoms. The number of hydrogen-bond donors (Lipinski definition) is 0. The molecule has 0 atom stereocenters. The van der Waals surface area contributed by atoms with E-state index in [4.69, 9.17) is 14.4 Å². The van der Waals surface area contributed by atoms with Crippen LogP contribution in [0.15, 0.2) is 41.3 Å². The summed E-state index contributed by atoms with van der Waals surface area (Å²) < 4.78 is 5.38. The number of fused-ring (bicyclic) bond motifs is 1. The van der Waals surface area contributed by atoms with Crippen LogP contribution >= 0.6 is 0 Å². The van der Waals surface area contributed by atoms with E-state index in [1.807, 2.05) is 38.1 Å². The molecule has 4 heterocycles. The van der Waals surface area contributed by atoms with E-state index in [0.29, 0.717) is 31.1 Å². The van der Waals surface area contributed by atoms with Crippen LogP contribution in [0.3, 0.4) is 0 Å². The van der Waals surface area contributed by atoms with Gasteiger partial charge in [0.2, 0.25) is 0 Å². The van der Waals surface area contributed by atoms with Gasteiger partial charge in [-0.15, -0.1) is 0 Å². The lowest BCUT2D eigenvalue weighted by atomic mass is 10.0. The fraction of sp³-hybridized carbons (Fsp3) is 0.300. The van der Waals surface area contributed by atoms with Gasteiger partial charge in [0.1, 0.15) is 5.82 Å². The maximum atomic E-state index is 12.8. The van der Waals surface area contributed by atoms with Crippen LogP contribution in [-0.4, -0.2) is 46.4 Å². The minimum Gasteiger partial charge on any atom is -0.459 e. The molecule has 0 bridgehead atoms. The molecule has 0 spiro atoms. The fourth-order valence-electron chi connectivity index (χ4n) is 3.31. The van der Waals surface area contributed by atoms with Gasteiger partial charge >= 0.3 is 0 Å². The summed E-state index contributed by atoms with van der Waals surface area (Å²) in [6.45, 7) is 2.93. The summed E-state index contributed by atoms with van der Waals surface area (Å²) in [5, 5.41) is 0. The van der Waals surface area contributed by atoms with E-state index in [-0.39, 0.29) is 5.91 Å². The third-order valence-corrected chi connectivity index (χ3v) is 4.73. The number of aryl methyl sites for hydroxylation is 1. The Morgan fingerprint density at radius 1 is 1.26 bits per heavy atom. The SMILES string of the molecule is Cc1ccoc1C(=O)N1CCc2c(nc(-c3cccnc3)nc2N(C)C)C1. The Morgan fingerprint density at radius 3 is 2.78 bits per heavy atom. The van der Waals surface area contributed by atoms with Crippen LogP contribution in [0.1, 0.15) is 27.4 Å². The first-order chi connectivity index (χ1) is 13.0. The molecule has 3 aromatic heterocycles. The van der Waals surface area contributed by atoms with Gasteiger partial charge in [-0.2, -0.15) is 0 Å². The highest BCUT2D eigenvalue weighted by Crippen LogP contribution is 2.29. The molecule has 0 aliphatic carbocycles. The van der Waals surface area contributed by atoms with Crippen molar-refractivity contribution in [3.05, 3.63) is 59.4 Å². The molecule has 0 saturated heterocycles. The Morgan fingerprint density at radius 2 is 2.11 bits per heavy atom. The van der Waals surface area contributed by atoms with E-state index in [1.165, 1.54) is 0 Å². The lowest BCUT2D eigenvalue weighted by Crippen LogP contribution is -2.37. The average molecular weight is 363 g/mol. The third-order valence-electron chi connectivity index (χ3n) is 4.73. The number of hydrogen-bond acceptors (Lipinski definition) is 6.